The van der Waals surface area contributed by atoms with Crippen molar-refractivity contribution in [3.8, 4) is 0 Å². The van der Waals surface area contributed by atoms with E-state index in [1.807, 2.05) is 30.0 Å². The Bertz CT molecular complexity index is 816. The lowest BCUT2D eigenvalue weighted by Gasteiger charge is -2.41. The lowest BCUT2D eigenvalue weighted by Crippen LogP contribution is -2.54. The topological polar surface area (TPSA) is 72.4 Å². The smallest absolute Gasteiger partial charge is 0.227 e. The van der Waals surface area contributed by atoms with Crippen LogP contribution in [0.5, 0.6) is 0 Å². The number of hydrogen-bond acceptors (Lipinski definition) is 4. The summed E-state index contributed by atoms with van der Waals surface area (Å²) in [4.78, 5) is 19.6. The van der Waals surface area contributed by atoms with Gasteiger partial charge in [-0.25, -0.2) is 4.98 Å². The van der Waals surface area contributed by atoms with E-state index in [0.29, 0.717) is 5.02 Å². The van der Waals surface area contributed by atoms with Crippen LogP contribution in [0.25, 0.3) is 11.1 Å². The first kappa shape index (κ1) is 23.3. The fourth-order valence-electron chi connectivity index (χ4n) is 4.42. The molecule has 0 spiro atoms. The lowest BCUT2D eigenvalue weighted by molar-refractivity contribution is -0.140. The molecule has 8 heteroatoms. The Morgan fingerprint density at radius 1 is 1.25 bits per heavy atom. The number of hydrogen-bond donors (Lipinski definition) is 1. The van der Waals surface area contributed by atoms with E-state index in [4.69, 9.17) is 21.8 Å². The highest BCUT2D eigenvalue weighted by atomic mass is 35.5. The molecule has 5 nitrogen and oxygen atoms in total. The molecule has 1 saturated heterocycles. The van der Waals surface area contributed by atoms with E-state index in [1.54, 1.807) is 0 Å². The van der Waals surface area contributed by atoms with Crippen LogP contribution in [0.2, 0.25) is 5.02 Å². The van der Waals surface area contributed by atoms with Crippen molar-refractivity contribution >= 4 is 53.4 Å². The Hall–Kier alpha value is -1.01. The Balaban J connectivity index is 0.00000140. The second kappa shape index (κ2) is 9.21. The molecule has 28 heavy (non-hydrogen) atoms. The first-order chi connectivity index (χ1) is 12.4. The van der Waals surface area contributed by atoms with Gasteiger partial charge in [0.2, 0.25) is 5.91 Å². The van der Waals surface area contributed by atoms with Crippen LogP contribution in [0.3, 0.4) is 0 Å². The van der Waals surface area contributed by atoms with E-state index in [1.165, 1.54) is 0 Å². The Kier molecular flexibility index (Phi) is 7.65. The Morgan fingerprint density at radius 2 is 1.96 bits per heavy atom. The SMILES string of the molecule is CC1(N)CCCCC1C(=O)N1CCC(c2nc3cc(Cl)ccc3o2)CC1.Cl.Cl. The number of halogens is 3. The molecular formula is C20H28Cl3N3O2. The lowest BCUT2D eigenvalue weighted by atomic mass is 9.73. The third-order valence-corrected chi connectivity index (χ3v) is 6.31. The van der Waals surface area contributed by atoms with Gasteiger partial charge in [0.25, 0.3) is 0 Å². The normalized spacial score (nSPS) is 25.8. The molecule has 1 aliphatic carbocycles. The summed E-state index contributed by atoms with van der Waals surface area (Å²) in [5.74, 6) is 1.20. The van der Waals surface area contributed by atoms with Crippen molar-refractivity contribution in [1.82, 2.24) is 9.88 Å². The standard InChI is InChI=1S/C20H26ClN3O2.2ClH/c1-20(22)9-3-2-4-15(20)19(25)24-10-7-13(8-11-24)18-23-16-12-14(21)5-6-17(16)26-18;;/h5-6,12-13,15H,2-4,7-11,22H2,1H3;2*1H. The second-order valence-electron chi connectivity index (χ2n) is 8.07. The second-order valence-corrected chi connectivity index (χ2v) is 8.50. The van der Waals surface area contributed by atoms with Crippen molar-refractivity contribution in [3.05, 3.63) is 29.1 Å². The molecule has 1 saturated carbocycles. The van der Waals surface area contributed by atoms with Crippen LogP contribution in [-0.4, -0.2) is 34.4 Å². The van der Waals surface area contributed by atoms with Crippen LogP contribution in [-0.2, 0) is 4.79 Å². The molecular weight excluding hydrogens is 421 g/mol. The van der Waals surface area contributed by atoms with Gasteiger partial charge in [0, 0.05) is 29.6 Å². The maximum absolute atomic E-state index is 13.0. The van der Waals surface area contributed by atoms with Crippen molar-refractivity contribution in [2.45, 2.75) is 56.9 Å². The van der Waals surface area contributed by atoms with Gasteiger partial charge in [-0.2, -0.15) is 0 Å². The summed E-state index contributed by atoms with van der Waals surface area (Å²) in [6.45, 7) is 3.52. The molecule has 2 heterocycles. The van der Waals surface area contributed by atoms with E-state index in [0.717, 1.165) is 68.6 Å². The minimum atomic E-state index is -0.369. The van der Waals surface area contributed by atoms with Crippen LogP contribution in [0.15, 0.2) is 22.6 Å². The predicted molar refractivity (Wildman–Crippen MR) is 117 cm³/mol. The zero-order valence-corrected chi connectivity index (χ0v) is 18.4. The van der Waals surface area contributed by atoms with Gasteiger partial charge in [-0.15, -0.1) is 24.8 Å². The van der Waals surface area contributed by atoms with Crippen LogP contribution < -0.4 is 5.73 Å². The largest absolute Gasteiger partial charge is 0.440 e. The van der Waals surface area contributed by atoms with E-state index in [9.17, 15) is 4.79 Å². The number of amides is 1. The highest BCUT2D eigenvalue weighted by Crippen LogP contribution is 2.35. The van der Waals surface area contributed by atoms with Gasteiger partial charge in [0.15, 0.2) is 11.5 Å². The van der Waals surface area contributed by atoms with E-state index < -0.39 is 0 Å². The number of nitrogens with two attached hydrogens (primary N) is 1. The molecule has 1 aromatic carbocycles. The van der Waals surface area contributed by atoms with Crippen molar-refractivity contribution in [1.29, 1.82) is 0 Å². The first-order valence-electron chi connectivity index (χ1n) is 9.58. The summed E-state index contributed by atoms with van der Waals surface area (Å²) < 4.78 is 5.91. The van der Waals surface area contributed by atoms with Crippen LogP contribution >= 0.6 is 36.4 Å². The Morgan fingerprint density at radius 3 is 2.64 bits per heavy atom. The third kappa shape index (κ3) is 4.59. The van der Waals surface area contributed by atoms with Gasteiger partial charge in [-0.3, -0.25) is 4.79 Å². The monoisotopic (exact) mass is 447 g/mol. The van der Waals surface area contributed by atoms with Crippen LogP contribution in [0.4, 0.5) is 0 Å². The maximum atomic E-state index is 13.0. The summed E-state index contributed by atoms with van der Waals surface area (Å²) in [7, 11) is 0. The number of rotatable bonds is 2. The maximum Gasteiger partial charge on any atom is 0.227 e. The molecule has 0 radical (unpaired) electrons. The molecule has 2 aromatic rings. The van der Waals surface area contributed by atoms with Crippen molar-refractivity contribution in [2.24, 2.45) is 11.7 Å². The zero-order chi connectivity index (χ0) is 18.3. The van der Waals surface area contributed by atoms with Crippen LogP contribution in [0, 0.1) is 5.92 Å². The summed E-state index contributed by atoms with van der Waals surface area (Å²) in [6.07, 6.45) is 5.83. The number of benzene rings is 1. The molecule has 1 aromatic heterocycles. The number of oxazole rings is 1. The van der Waals surface area contributed by atoms with Crippen LogP contribution in [0.1, 0.15) is 57.3 Å². The summed E-state index contributed by atoms with van der Waals surface area (Å²) in [5.41, 5.74) is 7.62. The van der Waals surface area contributed by atoms with E-state index in [-0.39, 0.29) is 48.1 Å². The van der Waals surface area contributed by atoms with Gasteiger partial charge in [0.05, 0.1) is 5.92 Å². The highest BCUT2D eigenvalue weighted by Gasteiger charge is 2.40. The first-order valence-corrected chi connectivity index (χ1v) is 9.95. The predicted octanol–water partition coefficient (Wildman–Crippen LogP) is 4.94. The van der Waals surface area contributed by atoms with Crippen molar-refractivity contribution < 1.29 is 9.21 Å². The average molecular weight is 449 g/mol. The number of aromatic nitrogens is 1. The van der Waals surface area contributed by atoms with Crippen molar-refractivity contribution in [2.75, 3.05) is 13.1 Å². The zero-order valence-electron chi connectivity index (χ0n) is 16.0. The molecule has 2 atom stereocenters. The summed E-state index contributed by atoms with van der Waals surface area (Å²) in [6, 6.07) is 5.50. The quantitative estimate of drug-likeness (QED) is 0.706. The number of fused-ring (bicyclic) bond motifs is 1. The van der Waals surface area contributed by atoms with E-state index >= 15 is 0 Å². The molecule has 1 aliphatic heterocycles. The molecule has 2 fully saturated rings. The Labute approximate surface area is 183 Å². The third-order valence-electron chi connectivity index (χ3n) is 6.07. The minimum Gasteiger partial charge on any atom is -0.440 e. The molecule has 0 bridgehead atoms. The molecule has 2 aliphatic rings. The van der Waals surface area contributed by atoms with Gasteiger partial charge in [-0.05, 0) is 50.8 Å². The van der Waals surface area contributed by atoms with Gasteiger partial charge in [-0.1, -0.05) is 24.4 Å². The van der Waals surface area contributed by atoms with Gasteiger partial charge >= 0.3 is 0 Å². The molecule has 2 N–H and O–H groups in total. The summed E-state index contributed by atoms with van der Waals surface area (Å²) in [5, 5.41) is 0.662. The fraction of sp³-hybridized carbons (Fsp3) is 0.600. The average Bonchev–Trinajstić information content (AvgIpc) is 3.04. The number of carbonyl (C=O) groups is 1. The number of nitrogens with zero attached hydrogens (tertiary/aromatic N) is 2. The minimum absolute atomic E-state index is 0. The molecule has 156 valence electrons. The fourth-order valence-corrected chi connectivity index (χ4v) is 4.59. The molecule has 2 unspecified atom stereocenters. The molecule has 1 amide bonds. The number of carbonyl (C=O) groups excluding carboxylic acids is 1. The number of piperidine rings is 1. The molecule has 4 rings (SSSR count). The van der Waals surface area contributed by atoms with E-state index in [2.05, 4.69) is 4.98 Å². The highest BCUT2D eigenvalue weighted by molar-refractivity contribution is 6.31. The number of likely N-dealkylation sites (tertiary alicyclic amines) is 1. The van der Waals surface area contributed by atoms with Crippen molar-refractivity contribution in [3.63, 3.8) is 0 Å². The van der Waals surface area contributed by atoms with Gasteiger partial charge in [0.1, 0.15) is 5.52 Å². The van der Waals surface area contributed by atoms with Gasteiger partial charge < -0.3 is 15.1 Å². The summed E-state index contributed by atoms with van der Waals surface area (Å²) >= 11 is 6.03.